The zero-order chi connectivity index (χ0) is 21.1. The maximum Gasteiger partial charge on any atom is 0.244 e. The highest BCUT2D eigenvalue weighted by Gasteiger charge is 2.76. The number of hydrogen-bond acceptors (Lipinski definition) is 2. The molecule has 2 aliphatic rings. The van der Waals surface area contributed by atoms with E-state index in [1.807, 2.05) is 24.3 Å². The molecule has 0 saturated heterocycles. The molecule has 0 radical (unpaired) electrons. The Morgan fingerprint density at radius 1 is 0.967 bits per heavy atom. The molecule has 3 aromatic carbocycles. The zero-order valence-electron chi connectivity index (χ0n) is 16.4. The van der Waals surface area contributed by atoms with Gasteiger partial charge in [0.05, 0.1) is 5.69 Å². The highest BCUT2D eigenvalue weighted by atomic mass is 32.2. The molecule has 1 fully saturated rings. The van der Waals surface area contributed by atoms with E-state index in [2.05, 4.69) is 6.58 Å². The van der Waals surface area contributed by atoms with Crippen molar-refractivity contribution in [2.75, 3.05) is 11.9 Å². The molecule has 2 nitrogen and oxygen atoms in total. The van der Waals surface area contributed by atoms with Crippen molar-refractivity contribution in [2.24, 2.45) is 0 Å². The lowest BCUT2D eigenvalue weighted by Crippen LogP contribution is -2.44. The van der Waals surface area contributed by atoms with E-state index in [4.69, 9.17) is 0 Å². The van der Waals surface area contributed by atoms with Crippen molar-refractivity contribution in [1.29, 1.82) is 0 Å². The van der Waals surface area contributed by atoms with Gasteiger partial charge in [-0.1, -0.05) is 43.0 Å². The number of halogens is 2. The summed E-state index contributed by atoms with van der Waals surface area (Å²) in [5, 5.41) is 0. The number of hydrogen-bond donors (Lipinski definition) is 0. The minimum absolute atomic E-state index is 0.00112. The first-order chi connectivity index (χ1) is 14.4. The van der Waals surface area contributed by atoms with E-state index in [0.29, 0.717) is 6.42 Å². The molecule has 0 aromatic heterocycles. The summed E-state index contributed by atoms with van der Waals surface area (Å²) >= 11 is 1.55. The Hall–Kier alpha value is -2.92. The molecule has 0 N–H and O–H groups in total. The molecule has 1 aliphatic heterocycles. The predicted octanol–water partition coefficient (Wildman–Crippen LogP) is 5.83. The SMILES string of the molecule is C=C(c1ccc(F)cc1)[C@]1(c2ccc(F)cc2)C[C@]12Sc1ccccc1N(C)C2=O. The van der Waals surface area contributed by atoms with Crippen molar-refractivity contribution in [1.82, 2.24) is 0 Å². The average Bonchev–Trinajstić information content (AvgIpc) is 3.43. The van der Waals surface area contributed by atoms with Crippen LogP contribution >= 0.6 is 11.8 Å². The third-order valence-electron chi connectivity index (χ3n) is 6.28. The van der Waals surface area contributed by atoms with Gasteiger partial charge in [-0.2, -0.15) is 0 Å². The van der Waals surface area contributed by atoms with E-state index >= 15 is 0 Å². The molecule has 30 heavy (non-hydrogen) atoms. The third-order valence-corrected chi connectivity index (χ3v) is 7.87. The number of carbonyl (C=O) groups excluding carboxylic acids is 1. The van der Waals surface area contributed by atoms with E-state index in [0.717, 1.165) is 27.3 Å². The van der Waals surface area contributed by atoms with E-state index in [9.17, 15) is 13.6 Å². The van der Waals surface area contributed by atoms with Crippen molar-refractivity contribution in [3.05, 3.63) is 102 Å². The second-order valence-corrected chi connectivity index (χ2v) is 9.18. The first-order valence-corrected chi connectivity index (χ1v) is 10.5. The van der Waals surface area contributed by atoms with Gasteiger partial charge in [0.15, 0.2) is 0 Å². The van der Waals surface area contributed by atoms with Gasteiger partial charge in [-0.05, 0) is 59.5 Å². The van der Waals surface area contributed by atoms with Crippen LogP contribution in [-0.4, -0.2) is 17.7 Å². The van der Waals surface area contributed by atoms with Crippen LogP contribution in [0.2, 0.25) is 0 Å². The molecule has 5 heteroatoms. The lowest BCUT2D eigenvalue weighted by Gasteiger charge is -2.35. The van der Waals surface area contributed by atoms with Gasteiger partial charge in [-0.25, -0.2) is 8.78 Å². The van der Waals surface area contributed by atoms with Gasteiger partial charge in [0, 0.05) is 17.4 Å². The standard InChI is InChI=1S/C25H19F2NOS/c1-16(17-7-11-19(26)12-8-17)24(18-9-13-20(27)14-10-18)15-25(24)23(29)28(2)21-5-3-4-6-22(21)30-25/h3-14H,1,15H2,2H3/t24-,25+/m0/s1. The van der Waals surface area contributed by atoms with Crippen molar-refractivity contribution < 1.29 is 13.6 Å². The minimum Gasteiger partial charge on any atom is -0.313 e. The Bertz CT molecular complexity index is 1170. The summed E-state index contributed by atoms with van der Waals surface area (Å²) in [6, 6.07) is 20.3. The summed E-state index contributed by atoms with van der Waals surface area (Å²) in [4.78, 5) is 16.4. The Labute approximate surface area is 178 Å². The Kier molecular flexibility index (Phi) is 4.16. The highest BCUT2D eigenvalue weighted by Crippen LogP contribution is 2.74. The largest absolute Gasteiger partial charge is 0.313 e. The van der Waals surface area contributed by atoms with Crippen LogP contribution in [0.3, 0.4) is 0 Å². The van der Waals surface area contributed by atoms with Crippen LogP contribution in [0.15, 0.2) is 84.3 Å². The summed E-state index contributed by atoms with van der Waals surface area (Å²) in [7, 11) is 1.79. The molecule has 1 amide bonds. The van der Waals surface area contributed by atoms with Crippen LogP contribution in [0, 0.1) is 11.6 Å². The summed E-state index contributed by atoms with van der Waals surface area (Å²) < 4.78 is 26.4. The quantitative estimate of drug-likeness (QED) is 0.533. The number of rotatable bonds is 3. The summed E-state index contributed by atoms with van der Waals surface area (Å²) in [6.45, 7) is 4.35. The number of fused-ring (bicyclic) bond motifs is 1. The van der Waals surface area contributed by atoms with Crippen LogP contribution in [0.25, 0.3) is 5.57 Å². The number of thioether (sulfide) groups is 1. The van der Waals surface area contributed by atoms with Crippen LogP contribution in [0.1, 0.15) is 17.5 Å². The average molecular weight is 419 g/mol. The maximum atomic E-state index is 13.7. The van der Waals surface area contributed by atoms with E-state index in [1.54, 1.807) is 48.0 Å². The van der Waals surface area contributed by atoms with Crippen LogP contribution in [0.4, 0.5) is 14.5 Å². The number of carbonyl (C=O) groups is 1. The molecule has 1 spiro atoms. The monoisotopic (exact) mass is 419 g/mol. The van der Waals surface area contributed by atoms with Crippen molar-refractivity contribution in [2.45, 2.75) is 21.5 Å². The van der Waals surface area contributed by atoms with Gasteiger partial charge in [0.2, 0.25) is 5.91 Å². The Morgan fingerprint density at radius 3 is 2.23 bits per heavy atom. The van der Waals surface area contributed by atoms with Gasteiger partial charge in [0.1, 0.15) is 16.4 Å². The third kappa shape index (κ3) is 2.51. The Morgan fingerprint density at radius 2 is 1.57 bits per heavy atom. The molecule has 1 saturated carbocycles. The maximum absolute atomic E-state index is 13.7. The lowest BCUT2D eigenvalue weighted by atomic mass is 9.82. The highest BCUT2D eigenvalue weighted by molar-refractivity contribution is 8.02. The smallest absolute Gasteiger partial charge is 0.244 e. The molecular weight excluding hydrogens is 400 g/mol. The van der Waals surface area contributed by atoms with Crippen molar-refractivity contribution >= 4 is 28.9 Å². The molecule has 2 atom stereocenters. The molecule has 3 aromatic rings. The molecule has 1 aliphatic carbocycles. The van der Waals surface area contributed by atoms with Crippen LogP contribution in [0.5, 0.6) is 0 Å². The zero-order valence-corrected chi connectivity index (χ0v) is 17.2. The van der Waals surface area contributed by atoms with Gasteiger partial charge >= 0.3 is 0 Å². The number of nitrogens with zero attached hydrogens (tertiary/aromatic N) is 1. The first kappa shape index (κ1) is 19.1. The summed E-state index contributed by atoms with van der Waals surface area (Å²) in [5.41, 5.74) is 2.52. The molecule has 5 rings (SSSR count). The molecule has 0 unspecified atom stereocenters. The second-order valence-electron chi connectivity index (χ2n) is 7.84. The Balaban J connectivity index is 1.68. The van der Waals surface area contributed by atoms with Gasteiger partial charge in [-0.3, -0.25) is 4.79 Å². The topological polar surface area (TPSA) is 20.3 Å². The van der Waals surface area contributed by atoms with Crippen LogP contribution < -0.4 is 4.90 Å². The van der Waals surface area contributed by atoms with E-state index in [-0.39, 0.29) is 17.5 Å². The number of benzene rings is 3. The lowest BCUT2D eigenvalue weighted by molar-refractivity contribution is -0.118. The molecule has 1 heterocycles. The van der Waals surface area contributed by atoms with E-state index < -0.39 is 10.2 Å². The van der Waals surface area contributed by atoms with Crippen LogP contribution in [-0.2, 0) is 10.2 Å². The predicted molar refractivity (Wildman–Crippen MR) is 117 cm³/mol. The number of para-hydroxylation sites is 1. The number of allylic oxidation sites excluding steroid dienone is 1. The first-order valence-electron chi connectivity index (χ1n) is 9.67. The van der Waals surface area contributed by atoms with E-state index in [1.165, 1.54) is 24.3 Å². The molecule has 0 bridgehead atoms. The summed E-state index contributed by atoms with van der Waals surface area (Å²) in [5.74, 6) is -0.662. The van der Waals surface area contributed by atoms with Gasteiger partial charge in [-0.15, -0.1) is 11.8 Å². The minimum atomic E-state index is -0.778. The molecule has 150 valence electrons. The summed E-state index contributed by atoms with van der Waals surface area (Å²) in [6.07, 6.45) is 0.546. The van der Waals surface area contributed by atoms with Crippen molar-refractivity contribution in [3.8, 4) is 0 Å². The number of amides is 1. The fourth-order valence-electron chi connectivity index (χ4n) is 4.63. The fourth-order valence-corrected chi connectivity index (χ4v) is 6.39. The van der Waals surface area contributed by atoms with Crippen molar-refractivity contribution in [3.63, 3.8) is 0 Å². The van der Waals surface area contributed by atoms with Gasteiger partial charge < -0.3 is 4.90 Å². The second kappa shape index (κ2) is 6.54. The van der Waals surface area contributed by atoms with Gasteiger partial charge in [0.25, 0.3) is 0 Å². The number of anilines is 1. The fraction of sp³-hybridized carbons (Fsp3) is 0.160. The molecular formula is C25H19F2NOS. The normalized spacial score (nSPS) is 24.6.